The van der Waals surface area contributed by atoms with E-state index in [1.807, 2.05) is 30.3 Å². The maximum Gasteiger partial charge on any atom is 0.338 e. The third-order valence-electron chi connectivity index (χ3n) is 3.13. The topological polar surface area (TPSA) is 63.6 Å². The van der Waals surface area contributed by atoms with Crippen LogP contribution in [0.3, 0.4) is 0 Å². The fourth-order valence-electron chi connectivity index (χ4n) is 1.94. The number of hydrogen-bond acceptors (Lipinski definition) is 3. The van der Waals surface area contributed by atoms with Crippen molar-refractivity contribution in [1.82, 2.24) is 0 Å². The molecule has 0 radical (unpaired) electrons. The zero-order valence-electron chi connectivity index (χ0n) is 12.2. The molecule has 2 aromatic rings. The minimum absolute atomic E-state index is 0.222. The quantitative estimate of drug-likeness (QED) is 0.677. The lowest BCUT2D eigenvalue weighted by Crippen LogP contribution is -2.05. The Morgan fingerprint density at radius 2 is 1.59 bits per heavy atom. The summed E-state index contributed by atoms with van der Waals surface area (Å²) in [5.41, 5.74) is 2.73. The van der Waals surface area contributed by atoms with E-state index < -0.39 is 11.9 Å². The van der Waals surface area contributed by atoms with Crippen LogP contribution in [0, 0.1) is 0 Å². The maximum atomic E-state index is 11.9. The van der Waals surface area contributed by atoms with Crippen LogP contribution in [0.5, 0.6) is 0 Å². The maximum absolute atomic E-state index is 11.9. The molecule has 0 atom stereocenters. The van der Waals surface area contributed by atoms with Gasteiger partial charge in [0.05, 0.1) is 5.56 Å². The van der Waals surface area contributed by atoms with Gasteiger partial charge in [-0.05, 0) is 35.8 Å². The Kier molecular flexibility index (Phi) is 5.09. The van der Waals surface area contributed by atoms with Crippen molar-refractivity contribution in [3.63, 3.8) is 0 Å². The second kappa shape index (κ2) is 7.22. The second-order valence-electron chi connectivity index (χ2n) is 4.80. The second-order valence-corrected chi connectivity index (χ2v) is 4.80. The first-order valence-corrected chi connectivity index (χ1v) is 6.79. The molecule has 0 saturated heterocycles. The largest absolute Gasteiger partial charge is 0.478 e. The predicted octanol–water partition coefficient (Wildman–Crippen LogP) is 3.53. The van der Waals surface area contributed by atoms with E-state index in [2.05, 4.69) is 0 Å². The van der Waals surface area contributed by atoms with Crippen molar-refractivity contribution in [2.75, 3.05) is 0 Å². The molecule has 0 fully saturated rings. The van der Waals surface area contributed by atoms with Gasteiger partial charge in [0.25, 0.3) is 0 Å². The number of carboxylic acid groups (broad SMARTS) is 1. The summed E-state index contributed by atoms with van der Waals surface area (Å²) in [6, 6.07) is 16.1. The first-order valence-electron chi connectivity index (χ1n) is 6.79. The van der Waals surface area contributed by atoms with Crippen LogP contribution in [0.15, 0.2) is 60.7 Å². The van der Waals surface area contributed by atoms with E-state index in [0.717, 1.165) is 17.2 Å². The molecular weight excluding hydrogens is 280 g/mol. The summed E-state index contributed by atoms with van der Waals surface area (Å²) in [6.45, 7) is 1.93. The van der Waals surface area contributed by atoms with Crippen molar-refractivity contribution >= 4 is 17.5 Å². The summed E-state index contributed by atoms with van der Waals surface area (Å²) in [6.07, 6.45) is 1.13. The van der Waals surface area contributed by atoms with Gasteiger partial charge >= 0.3 is 11.9 Å². The number of hydrogen-bond donors (Lipinski definition) is 1. The number of benzene rings is 2. The number of rotatable bonds is 5. The zero-order chi connectivity index (χ0) is 15.9. The van der Waals surface area contributed by atoms with Crippen LogP contribution in [-0.2, 0) is 16.1 Å². The standard InChI is InChI=1S/C18H16O4/c1-13(11-17(19)20)15-7-9-16(10-8-15)18(21)22-12-14-5-3-2-4-6-14/h2-11H,12H2,1H3,(H,19,20). The molecule has 1 N–H and O–H groups in total. The fraction of sp³-hybridized carbons (Fsp3) is 0.111. The molecule has 2 rings (SSSR count). The molecular formula is C18H16O4. The lowest BCUT2D eigenvalue weighted by Gasteiger charge is -2.06. The van der Waals surface area contributed by atoms with Gasteiger partial charge in [-0.3, -0.25) is 0 Å². The Bertz CT molecular complexity index is 685. The zero-order valence-corrected chi connectivity index (χ0v) is 12.2. The molecule has 0 aliphatic rings. The first-order chi connectivity index (χ1) is 10.6. The number of carboxylic acids is 1. The Balaban J connectivity index is 2.01. The van der Waals surface area contributed by atoms with E-state index >= 15 is 0 Å². The van der Waals surface area contributed by atoms with Crippen LogP contribution in [0.4, 0.5) is 0 Å². The number of esters is 1. The lowest BCUT2D eigenvalue weighted by molar-refractivity contribution is -0.131. The van der Waals surface area contributed by atoms with Crippen LogP contribution >= 0.6 is 0 Å². The Hall–Kier alpha value is -2.88. The molecule has 22 heavy (non-hydrogen) atoms. The summed E-state index contributed by atoms with van der Waals surface area (Å²) < 4.78 is 5.23. The number of aliphatic carboxylic acids is 1. The van der Waals surface area contributed by atoms with Crippen LogP contribution in [0.1, 0.15) is 28.4 Å². The van der Waals surface area contributed by atoms with Crippen molar-refractivity contribution in [1.29, 1.82) is 0 Å². The van der Waals surface area contributed by atoms with Gasteiger partial charge < -0.3 is 9.84 Å². The number of carbonyl (C=O) groups excluding carboxylic acids is 1. The molecule has 0 aliphatic carbocycles. The predicted molar refractivity (Wildman–Crippen MR) is 83.3 cm³/mol. The van der Waals surface area contributed by atoms with E-state index in [4.69, 9.17) is 9.84 Å². The van der Waals surface area contributed by atoms with Crippen LogP contribution in [-0.4, -0.2) is 17.0 Å². The van der Waals surface area contributed by atoms with Gasteiger partial charge in [-0.1, -0.05) is 42.5 Å². The van der Waals surface area contributed by atoms with Gasteiger partial charge in [0.2, 0.25) is 0 Å². The summed E-state index contributed by atoms with van der Waals surface area (Å²) in [5, 5.41) is 8.72. The molecule has 0 amide bonds. The molecule has 4 heteroatoms. The number of ether oxygens (including phenoxy) is 1. The number of allylic oxidation sites excluding steroid dienone is 1. The smallest absolute Gasteiger partial charge is 0.338 e. The van der Waals surface area contributed by atoms with Gasteiger partial charge in [-0.25, -0.2) is 9.59 Å². The highest BCUT2D eigenvalue weighted by molar-refractivity contribution is 5.91. The molecule has 0 unspecified atom stereocenters. The molecule has 0 saturated carbocycles. The minimum Gasteiger partial charge on any atom is -0.478 e. The van der Waals surface area contributed by atoms with Crippen molar-refractivity contribution in [2.24, 2.45) is 0 Å². The van der Waals surface area contributed by atoms with Crippen molar-refractivity contribution in [2.45, 2.75) is 13.5 Å². The summed E-state index contributed by atoms with van der Waals surface area (Å²) in [5.74, 6) is -1.40. The minimum atomic E-state index is -0.996. The van der Waals surface area contributed by atoms with Crippen LogP contribution in [0.25, 0.3) is 5.57 Å². The summed E-state index contributed by atoms with van der Waals surface area (Å²) >= 11 is 0. The summed E-state index contributed by atoms with van der Waals surface area (Å²) in [7, 11) is 0. The molecule has 0 bridgehead atoms. The van der Waals surface area contributed by atoms with Crippen LogP contribution < -0.4 is 0 Å². The van der Waals surface area contributed by atoms with Crippen molar-refractivity contribution in [3.05, 3.63) is 77.4 Å². The van der Waals surface area contributed by atoms with E-state index in [1.165, 1.54) is 0 Å². The third kappa shape index (κ3) is 4.31. The average Bonchev–Trinajstić information content (AvgIpc) is 2.53. The van der Waals surface area contributed by atoms with Crippen molar-refractivity contribution in [3.8, 4) is 0 Å². The molecule has 0 heterocycles. The average molecular weight is 296 g/mol. The molecule has 0 spiro atoms. The van der Waals surface area contributed by atoms with E-state index in [1.54, 1.807) is 31.2 Å². The van der Waals surface area contributed by atoms with Crippen molar-refractivity contribution < 1.29 is 19.4 Å². The van der Waals surface area contributed by atoms with E-state index in [9.17, 15) is 9.59 Å². The monoisotopic (exact) mass is 296 g/mol. The molecule has 0 aromatic heterocycles. The van der Waals surface area contributed by atoms with Crippen LogP contribution in [0.2, 0.25) is 0 Å². The highest BCUT2D eigenvalue weighted by atomic mass is 16.5. The Morgan fingerprint density at radius 3 is 2.18 bits per heavy atom. The van der Waals surface area contributed by atoms with Gasteiger partial charge in [-0.2, -0.15) is 0 Å². The normalized spacial score (nSPS) is 11.0. The van der Waals surface area contributed by atoms with E-state index in [-0.39, 0.29) is 6.61 Å². The third-order valence-corrected chi connectivity index (χ3v) is 3.13. The Morgan fingerprint density at radius 1 is 1.00 bits per heavy atom. The van der Waals surface area contributed by atoms with Gasteiger partial charge in [0, 0.05) is 6.08 Å². The fourth-order valence-corrected chi connectivity index (χ4v) is 1.94. The van der Waals surface area contributed by atoms with Gasteiger partial charge in [-0.15, -0.1) is 0 Å². The van der Waals surface area contributed by atoms with Gasteiger partial charge in [0.1, 0.15) is 6.61 Å². The Labute approximate surface area is 128 Å². The number of carbonyl (C=O) groups is 2. The highest BCUT2D eigenvalue weighted by Crippen LogP contribution is 2.15. The van der Waals surface area contributed by atoms with Gasteiger partial charge in [0.15, 0.2) is 0 Å². The van der Waals surface area contributed by atoms with E-state index in [0.29, 0.717) is 11.1 Å². The molecule has 4 nitrogen and oxygen atoms in total. The molecule has 0 aliphatic heterocycles. The first kappa shape index (κ1) is 15.5. The summed E-state index contributed by atoms with van der Waals surface area (Å²) in [4.78, 5) is 22.6. The molecule has 2 aromatic carbocycles. The lowest BCUT2D eigenvalue weighted by atomic mass is 10.1. The SMILES string of the molecule is CC(=CC(=O)O)c1ccc(C(=O)OCc2ccccc2)cc1. The molecule has 112 valence electrons. The highest BCUT2D eigenvalue weighted by Gasteiger charge is 2.08.